The van der Waals surface area contributed by atoms with Gasteiger partial charge in [-0.25, -0.2) is 4.99 Å². The summed E-state index contributed by atoms with van der Waals surface area (Å²) < 4.78 is 4.90. The predicted octanol–water partition coefficient (Wildman–Crippen LogP) is 1.12. The minimum atomic E-state index is 0.375. The Bertz CT molecular complexity index is 94.4. The van der Waals surface area contributed by atoms with E-state index < -0.39 is 0 Å². The van der Waals surface area contributed by atoms with Crippen molar-refractivity contribution in [1.29, 1.82) is 0 Å². The summed E-state index contributed by atoms with van der Waals surface area (Å²) in [4.78, 5) is 4.04. The molecule has 0 saturated heterocycles. The molecule has 1 aliphatic heterocycles. The average molecular weight is 131 g/mol. The molecule has 0 radical (unpaired) electrons. The molecule has 0 bridgehead atoms. The maximum Gasteiger partial charge on any atom is 0.170 e. The van der Waals surface area contributed by atoms with Crippen molar-refractivity contribution in [3.63, 3.8) is 0 Å². The Morgan fingerprint density at radius 3 is 3.38 bits per heavy atom. The molecule has 0 spiro atoms. The fourth-order valence-corrected chi connectivity index (χ4v) is 1.26. The van der Waals surface area contributed by atoms with Gasteiger partial charge in [-0.3, -0.25) is 0 Å². The SMILES string of the molecule is CCSC1COC=N1. The lowest BCUT2D eigenvalue weighted by molar-refractivity contribution is 0.354. The van der Waals surface area contributed by atoms with Crippen LogP contribution in [-0.4, -0.2) is 24.1 Å². The lowest BCUT2D eigenvalue weighted by atomic mass is 10.7. The molecule has 0 fully saturated rings. The fourth-order valence-electron chi connectivity index (χ4n) is 0.563. The van der Waals surface area contributed by atoms with Crippen LogP contribution in [0.25, 0.3) is 0 Å². The first-order valence-electron chi connectivity index (χ1n) is 2.68. The maximum absolute atomic E-state index is 4.90. The van der Waals surface area contributed by atoms with E-state index in [1.165, 1.54) is 6.40 Å². The summed E-state index contributed by atoms with van der Waals surface area (Å²) in [6.45, 7) is 2.89. The van der Waals surface area contributed by atoms with E-state index in [1.807, 2.05) is 11.8 Å². The number of rotatable bonds is 2. The van der Waals surface area contributed by atoms with Crippen molar-refractivity contribution < 1.29 is 4.74 Å². The Kier molecular flexibility index (Phi) is 2.21. The van der Waals surface area contributed by atoms with E-state index in [0.717, 1.165) is 12.4 Å². The standard InChI is InChI=1S/C5H9NOS/c1-2-8-5-3-7-4-6-5/h4-5H,2-3H2,1H3. The van der Waals surface area contributed by atoms with Gasteiger partial charge in [-0.05, 0) is 5.75 Å². The number of thioether (sulfide) groups is 1. The molecule has 0 aromatic rings. The van der Waals surface area contributed by atoms with Gasteiger partial charge in [0.05, 0.1) is 0 Å². The molecule has 0 aromatic heterocycles. The Morgan fingerprint density at radius 1 is 2.00 bits per heavy atom. The molecule has 46 valence electrons. The number of nitrogens with zero attached hydrogens (tertiary/aromatic N) is 1. The van der Waals surface area contributed by atoms with Gasteiger partial charge in [0, 0.05) is 0 Å². The summed E-state index contributed by atoms with van der Waals surface area (Å²) in [6, 6.07) is 0. The molecule has 2 nitrogen and oxygen atoms in total. The van der Waals surface area contributed by atoms with E-state index >= 15 is 0 Å². The molecule has 8 heavy (non-hydrogen) atoms. The van der Waals surface area contributed by atoms with Crippen LogP contribution in [0.1, 0.15) is 6.92 Å². The second kappa shape index (κ2) is 2.97. The number of aliphatic imine (C=N–C) groups is 1. The van der Waals surface area contributed by atoms with Gasteiger partial charge in [-0.1, -0.05) is 6.92 Å². The second-order valence-corrected chi connectivity index (χ2v) is 2.95. The minimum absolute atomic E-state index is 0.375. The Balaban J connectivity index is 2.16. The van der Waals surface area contributed by atoms with Crippen LogP contribution in [0.4, 0.5) is 0 Å². The molecule has 1 heterocycles. The van der Waals surface area contributed by atoms with Gasteiger partial charge >= 0.3 is 0 Å². The van der Waals surface area contributed by atoms with E-state index in [1.54, 1.807) is 0 Å². The summed E-state index contributed by atoms with van der Waals surface area (Å²) in [6.07, 6.45) is 1.54. The molecule has 0 saturated carbocycles. The van der Waals surface area contributed by atoms with Crippen LogP contribution < -0.4 is 0 Å². The molecule has 1 aliphatic rings. The predicted molar refractivity (Wildman–Crippen MR) is 36.4 cm³/mol. The highest BCUT2D eigenvalue weighted by molar-refractivity contribution is 7.99. The molecule has 1 unspecified atom stereocenters. The molecule has 3 heteroatoms. The molecule has 1 atom stereocenters. The van der Waals surface area contributed by atoms with E-state index in [2.05, 4.69) is 11.9 Å². The normalized spacial score (nSPS) is 25.9. The van der Waals surface area contributed by atoms with Crippen molar-refractivity contribution in [2.75, 3.05) is 12.4 Å². The van der Waals surface area contributed by atoms with E-state index in [9.17, 15) is 0 Å². The quantitative estimate of drug-likeness (QED) is 0.560. The molecule has 0 aromatic carbocycles. The van der Waals surface area contributed by atoms with Crippen molar-refractivity contribution in [2.24, 2.45) is 4.99 Å². The van der Waals surface area contributed by atoms with E-state index in [0.29, 0.717) is 5.37 Å². The topological polar surface area (TPSA) is 21.6 Å². The second-order valence-electron chi connectivity index (χ2n) is 1.50. The first-order valence-corrected chi connectivity index (χ1v) is 3.73. The summed E-state index contributed by atoms with van der Waals surface area (Å²) in [5.41, 5.74) is 0. The van der Waals surface area contributed by atoms with Gasteiger partial charge in [0.15, 0.2) is 6.40 Å². The zero-order chi connectivity index (χ0) is 5.82. The van der Waals surface area contributed by atoms with Gasteiger partial charge < -0.3 is 4.74 Å². The fraction of sp³-hybridized carbons (Fsp3) is 0.800. The minimum Gasteiger partial charge on any atom is -0.480 e. The first kappa shape index (κ1) is 5.95. The van der Waals surface area contributed by atoms with Crippen molar-refractivity contribution in [1.82, 2.24) is 0 Å². The molecule has 0 amide bonds. The lowest BCUT2D eigenvalue weighted by Gasteiger charge is -1.99. The van der Waals surface area contributed by atoms with Crippen molar-refractivity contribution in [3.8, 4) is 0 Å². The summed E-state index contributed by atoms with van der Waals surface area (Å²) in [7, 11) is 0. The van der Waals surface area contributed by atoms with Gasteiger partial charge in [0.25, 0.3) is 0 Å². The highest BCUT2D eigenvalue weighted by atomic mass is 32.2. The largest absolute Gasteiger partial charge is 0.480 e. The van der Waals surface area contributed by atoms with Gasteiger partial charge in [-0.2, -0.15) is 0 Å². The van der Waals surface area contributed by atoms with Crippen LogP contribution in [0.3, 0.4) is 0 Å². The van der Waals surface area contributed by atoms with Crippen LogP contribution in [-0.2, 0) is 4.74 Å². The zero-order valence-corrected chi connectivity index (χ0v) is 5.65. The summed E-state index contributed by atoms with van der Waals surface area (Å²) >= 11 is 1.82. The number of ether oxygens (including phenoxy) is 1. The van der Waals surface area contributed by atoms with Crippen molar-refractivity contribution in [2.45, 2.75) is 12.3 Å². The van der Waals surface area contributed by atoms with Crippen molar-refractivity contribution >= 4 is 18.2 Å². The third kappa shape index (κ3) is 1.40. The third-order valence-corrected chi connectivity index (χ3v) is 1.88. The molecule has 0 aliphatic carbocycles. The Morgan fingerprint density at radius 2 is 2.88 bits per heavy atom. The van der Waals surface area contributed by atoms with Crippen LogP contribution in [0.2, 0.25) is 0 Å². The van der Waals surface area contributed by atoms with Gasteiger partial charge in [0.2, 0.25) is 0 Å². The smallest absolute Gasteiger partial charge is 0.170 e. The average Bonchev–Trinajstić information content (AvgIpc) is 2.19. The molecular weight excluding hydrogens is 122 g/mol. The van der Waals surface area contributed by atoms with E-state index in [4.69, 9.17) is 4.74 Å². The zero-order valence-electron chi connectivity index (χ0n) is 4.83. The number of hydrogen-bond acceptors (Lipinski definition) is 3. The molecule has 1 rings (SSSR count). The van der Waals surface area contributed by atoms with Crippen LogP contribution in [0.5, 0.6) is 0 Å². The van der Waals surface area contributed by atoms with Crippen LogP contribution >= 0.6 is 11.8 Å². The summed E-state index contributed by atoms with van der Waals surface area (Å²) in [5.74, 6) is 1.12. The lowest BCUT2D eigenvalue weighted by Crippen LogP contribution is -1.99. The molecule has 0 N–H and O–H groups in total. The van der Waals surface area contributed by atoms with Crippen LogP contribution in [0.15, 0.2) is 4.99 Å². The summed E-state index contributed by atoms with van der Waals surface area (Å²) in [5, 5.41) is 0.375. The Labute approximate surface area is 53.3 Å². The number of hydrogen-bond donors (Lipinski definition) is 0. The van der Waals surface area contributed by atoms with Gasteiger partial charge in [0.1, 0.15) is 12.0 Å². The Hall–Kier alpha value is -0.180. The van der Waals surface area contributed by atoms with E-state index in [-0.39, 0.29) is 0 Å². The van der Waals surface area contributed by atoms with Gasteiger partial charge in [-0.15, -0.1) is 11.8 Å². The monoisotopic (exact) mass is 131 g/mol. The van der Waals surface area contributed by atoms with Crippen molar-refractivity contribution in [3.05, 3.63) is 0 Å². The molecular formula is C5H9NOS. The first-order chi connectivity index (χ1) is 3.93. The van der Waals surface area contributed by atoms with Crippen LogP contribution in [0, 0.1) is 0 Å². The highest BCUT2D eigenvalue weighted by Gasteiger charge is 2.08. The third-order valence-electron chi connectivity index (χ3n) is 0.900. The maximum atomic E-state index is 4.90. The highest BCUT2D eigenvalue weighted by Crippen LogP contribution is 2.14.